The number of rotatable bonds is 3. The van der Waals surface area contributed by atoms with Crippen molar-refractivity contribution in [1.82, 2.24) is 0 Å². The minimum absolute atomic E-state index is 0.0586. The van der Waals surface area contributed by atoms with Gasteiger partial charge in [-0.25, -0.2) is 8.78 Å². The average molecular weight is 390 g/mol. The number of halogens is 4. The molecular formula is C14H8Br2F2O. The molecule has 98 valence electrons. The van der Waals surface area contributed by atoms with Crippen LogP contribution in [-0.4, -0.2) is 5.78 Å². The lowest BCUT2D eigenvalue weighted by Gasteiger charge is -2.06. The maximum atomic E-state index is 13.7. The summed E-state index contributed by atoms with van der Waals surface area (Å²) in [6.45, 7) is 0. The summed E-state index contributed by atoms with van der Waals surface area (Å²) >= 11 is 6.27. The van der Waals surface area contributed by atoms with Crippen LogP contribution >= 0.6 is 31.9 Å². The minimum atomic E-state index is -0.857. The molecule has 0 spiro atoms. The van der Waals surface area contributed by atoms with Crippen molar-refractivity contribution >= 4 is 37.6 Å². The predicted molar refractivity (Wildman–Crippen MR) is 76.2 cm³/mol. The fraction of sp³-hybridized carbons (Fsp3) is 0.0714. The Labute approximate surface area is 125 Å². The van der Waals surface area contributed by atoms with Gasteiger partial charge in [-0.3, -0.25) is 4.79 Å². The molecule has 0 radical (unpaired) electrons. The third kappa shape index (κ3) is 3.28. The maximum absolute atomic E-state index is 13.7. The van der Waals surface area contributed by atoms with Crippen LogP contribution in [0.5, 0.6) is 0 Å². The molecule has 0 atom stereocenters. The summed E-state index contributed by atoms with van der Waals surface area (Å²) < 4.78 is 28.3. The fourth-order valence-corrected chi connectivity index (χ4v) is 2.54. The summed E-state index contributed by atoms with van der Waals surface area (Å²) in [4.78, 5) is 12.0. The zero-order chi connectivity index (χ0) is 14.0. The number of Topliss-reactive ketones (excluding diaryl/α,β-unsaturated/α-hetero) is 1. The lowest BCUT2D eigenvalue weighted by molar-refractivity contribution is 0.0984. The molecule has 2 aromatic rings. The van der Waals surface area contributed by atoms with Gasteiger partial charge in [0.25, 0.3) is 0 Å². The van der Waals surface area contributed by atoms with Crippen molar-refractivity contribution in [2.24, 2.45) is 0 Å². The van der Waals surface area contributed by atoms with Gasteiger partial charge in [-0.2, -0.15) is 0 Å². The first-order valence-electron chi connectivity index (χ1n) is 5.40. The van der Waals surface area contributed by atoms with E-state index in [0.29, 0.717) is 5.56 Å². The second-order valence-corrected chi connectivity index (χ2v) is 5.71. The molecule has 0 unspecified atom stereocenters. The SMILES string of the molecule is O=C(Cc1ccccc1Br)c1c(F)cc(Br)cc1F. The first-order valence-corrected chi connectivity index (χ1v) is 6.99. The molecule has 5 heteroatoms. The zero-order valence-corrected chi connectivity index (χ0v) is 12.8. The lowest BCUT2D eigenvalue weighted by atomic mass is 10.0. The Kier molecular flexibility index (Phi) is 4.47. The van der Waals surface area contributed by atoms with Gasteiger partial charge in [-0.15, -0.1) is 0 Å². The topological polar surface area (TPSA) is 17.1 Å². The van der Waals surface area contributed by atoms with Crippen molar-refractivity contribution in [3.63, 3.8) is 0 Å². The van der Waals surface area contributed by atoms with Crippen LogP contribution in [0.3, 0.4) is 0 Å². The lowest BCUT2D eigenvalue weighted by Crippen LogP contribution is -2.09. The van der Waals surface area contributed by atoms with Crippen molar-refractivity contribution in [3.8, 4) is 0 Å². The molecule has 2 aromatic carbocycles. The number of carbonyl (C=O) groups excluding carboxylic acids is 1. The van der Waals surface area contributed by atoms with Crippen molar-refractivity contribution in [1.29, 1.82) is 0 Å². The molecule has 0 aliphatic carbocycles. The van der Waals surface area contributed by atoms with Gasteiger partial charge in [-0.05, 0) is 23.8 Å². The Bertz CT molecular complexity index is 618. The first kappa shape index (κ1) is 14.3. The number of hydrogen-bond donors (Lipinski definition) is 0. The molecule has 0 saturated carbocycles. The average Bonchev–Trinajstić information content (AvgIpc) is 2.30. The molecule has 0 N–H and O–H groups in total. The van der Waals surface area contributed by atoms with E-state index in [0.717, 1.165) is 16.6 Å². The van der Waals surface area contributed by atoms with Crippen LogP contribution in [0, 0.1) is 11.6 Å². The van der Waals surface area contributed by atoms with E-state index < -0.39 is 23.0 Å². The molecule has 0 amide bonds. The second-order valence-electron chi connectivity index (χ2n) is 3.94. The monoisotopic (exact) mass is 388 g/mol. The van der Waals surface area contributed by atoms with E-state index in [4.69, 9.17) is 0 Å². The van der Waals surface area contributed by atoms with Crippen molar-refractivity contribution in [2.45, 2.75) is 6.42 Å². The standard InChI is InChI=1S/C14H8Br2F2O/c15-9-6-11(17)14(12(18)7-9)13(19)5-8-3-1-2-4-10(8)16/h1-4,6-7H,5H2. The van der Waals surface area contributed by atoms with E-state index in [1.807, 2.05) is 0 Å². The highest BCUT2D eigenvalue weighted by atomic mass is 79.9. The molecule has 0 aromatic heterocycles. The molecule has 0 saturated heterocycles. The van der Waals surface area contributed by atoms with Crippen LogP contribution < -0.4 is 0 Å². The van der Waals surface area contributed by atoms with Crippen molar-refractivity contribution in [3.05, 3.63) is 68.1 Å². The summed E-state index contributed by atoms with van der Waals surface area (Å²) in [6, 6.07) is 9.24. The molecule has 0 heterocycles. The van der Waals surface area contributed by atoms with Crippen molar-refractivity contribution < 1.29 is 13.6 Å². The third-order valence-electron chi connectivity index (χ3n) is 2.59. The third-order valence-corrected chi connectivity index (χ3v) is 3.83. The number of hydrogen-bond acceptors (Lipinski definition) is 1. The summed E-state index contributed by atoms with van der Waals surface area (Å²) in [6.07, 6.45) is -0.0586. The summed E-state index contributed by atoms with van der Waals surface area (Å²) in [7, 11) is 0. The van der Waals surface area contributed by atoms with Crippen LogP contribution in [0.4, 0.5) is 8.78 Å². The van der Waals surface area contributed by atoms with E-state index in [-0.39, 0.29) is 10.9 Å². The summed E-state index contributed by atoms with van der Waals surface area (Å²) in [5, 5.41) is 0. The Hall–Kier alpha value is -1.07. The first-order chi connectivity index (χ1) is 8.99. The molecular weight excluding hydrogens is 382 g/mol. The molecule has 19 heavy (non-hydrogen) atoms. The highest BCUT2D eigenvalue weighted by Crippen LogP contribution is 2.23. The molecule has 1 nitrogen and oxygen atoms in total. The van der Waals surface area contributed by atoms with E-state index in [1.54, 1.807) is 24.3 Å². The van der Waals surface area contributed by atoms with Gasteiger partial charge < -0.3 is 0 Å². The Morgan fingerprint density at radius 2 is 1.63 bits per heavy atom. The van der Waals surface area contributed by atoms with Crippen molar-refractivity contribution in [2.75, 3.05) is 0 Å². The van der Waals surface area contributed by atoms with Gasteiger partial charge in [0.15, 0.2) is 5.78 Å². The Morgan fingerprint density at radius 1 is 1.05 bits per heavy atom. The smallest absolute Gasteiger partial charge is 0.173 e. The van der Waals surface area contributed by atoms with E-state index in [2.05, 4.69) is 31.9 Å². The quantitative estimate of drug-likeness (QED) is 0.681. The van der Waals surface area contributed by atoms with Gasteiger partial charge in [0.2, 0.25) is 0 Å². The predicted octanol–water partition coefficient (Wildman–Crippen LogP) is 4.92. The Balaban J connectivity index is 2.34. The molecule has 2 rings (SSSR count). The summed E-state index contributed by atoms with van der Waals surface area (Å²) in [5.41, 5.74) is 0.188. The zero-order valence-electron chi connectivity index (χ0n) is 9.59. The number of ketones is 1. The highest BCUT2D eigenvalue weighted by molar-refractivity contribution is 9.10. The molecule has 0 bridgehead atoms. The fourth-order valence-electron chi connectivity index (χ4n) is 1.71. The van der Waals surface area contributed by atoms with Crippen LogP contribution in [-0.2, 0) is 6.42 Å². The van der Waals surface area contributed by atoms with Gasteiger partial charge in [0.05, 0.1) is 5.56 Å². The largest absolute Gasteiger partial charge is 0.294 e. The second kappa shape index (κ2) is 5.92. The van der Waals surface area contributed by atoms with Gasteiger partial charge >= 0.3 is 0 Å². The summed E-state index contributed by atoms with van der Waals surface area (Å²) in [5.74, 6) is -2.30. The van der Waals surface area contributed by atoms with E-state index in [1.165, 1.54) is 0 Å². The van der Waals surface area contributed by atoms with E-state index >= 15 is 0 Å². The van der Waals surface area contributed by atoms with Gasteiger partial charge in [0, 0.05) is 15.4 Å². The van der Waals surface area contributed by atoms with E-state index in [9.17, 15) is 13.6 Å². The van der Waals surface area contributed by atoms with Crippen LogP contribution in [0.15, 0.2) is 45.3 Å². The van der Waals surface area contributed by atoms with Crippen LogP contribution in [0.25, 0.3) is 0 Å². The normalized spacial score (nSPS) is 10.5. The maximum Gasteiger partial charge on any atom is 0.173 e. The number of carbonyl (C=O) groups is 1. The van der Waals surface area contributed by atoms with Gasteiger partial charge in [0.1, 0.15) is 11.6 Å². The van der Waals surface area contributed by atoms with Crippen LogP contribution in [0.1, 0.15) is 15.9 Å². The molecule has 0 aliphatic heterocycles. The highest BCUT2D eigenvalue weighted by Gasteiger charge is 2.19. The van der Waals surface area contributed by atoms with Gasteiger partial charge in [-0.1, -0.05) is 50.1 Å². The number of benzene rings is 2. The molecule has 0 fully saturated rings. The Morgan fingerprint density at radius 3 is 2.21 bits per heavy atom. The van der Waals surface area contributed by atoms with Crippen LogP contribution in [0.2, 0.25) is 0 Å². The molecule has 0 aliphatic rings. The minimum Gasteiger partial charge on any atom is -0.294 e.